The molecule has 30 heavy (non-hydrogen) atoms. The minimum atomic E-state index is 0.631. The third-order valence-corrected chi connectivity index (χ3v) is 2.97. The van der Waals surface area contributed by atoms with Gasteiger partial charge in [0, 0.05) is 50.2 Å². The van der Waals surface area contributed by atoms with Crippen LogP contribution < -0.4 is 0 Å². The Labute approximate surface area is 171 Å². The minimum absolute atomic E-state index is 0.631. The highest BCUT2D eigenvalue weighted by Crippen LogP contribution is 2.30. The maximum atomic E-state index is 6.50. The Bertz CT molecular complexity index is 888. The van der Waals surface area contributed by atoms with Gasteiger partial charge >= 0.3 is 0 Å². The lowest BCUT2D eigenvalue weighted by Crippen LogP contribution is -1.96. The second-order valence-electron chi connectivity index (χ2n) is 3.92. The molecule has 0 aliphatic rings. The molecule has 4 rings (SSSR count). The number of fused-ring (bicyclic) bond motifs is 6. The zero-order chi connectivity index (χ0) is 23.9. The highest BCUT2D eigenvalue weighted by atomic mass is 15.4. The van der Waals surface area contributed by atoms with Crippen LogP contribution in [0.5, 0.6) is 0 Å². The number of nitrogens with zero attached hydrogens (tertiary/aromatic N) is 12. The molecule has 0 saturated heterocycles. The molecule has 4 aromatic rings. The van der Waals surface area contributed by atoms with E-state index in [-0.39, 0.29) is 0 Å². The predicted octanol–water partition coefficient (Wildman–Crippen LogP) is 2.35. The van der Waals surface area contributed by atoms with Crippen LogP contribution in [0, 0.1) is 71.0 Å². The molecule has 0 spiro atoms. The van der Waals surface area contributed by atoms with Gasteiger partial charge in [-0.3, -0.25) is 0 Å². The number of aromatic nitrogens is 6. The molecule has 0 bridgehead atoms. The van der Waals surface area contributed by atoms with Gasteiger partial charge in [-0.2, -0.15) is 5.10 Å². The summed E-state index contributed by atoms with van der Waals surface area (Å²) in [4.78, 5) is 0. The minimum Gasteiger partial charge on any atom is -0.202 e. The van der Waals surface area contributed by atoms with E-state index in [4.69, 9.17) is 31.6 Å². The van der Waals surface area contributed by atoms with Crippen molar-refractivity contribution in [1.82, 2.24) is 30.8 Å². The van der Waals surface area contributed by atoms with Gasteiger partial charge in [0.05, 0.1) is 6.20 Å². The summed E-state index contributed by atoms with van der Waals surface area (Å²) in [6.45, 7) is 21.0. The van der Waals surface area contributed by atoms with Gasteiger partial charge in [0.25, 0.3) is 0 Å². The van der Waals surface area contributed by atoms with Crippen molar-refractivity contribution in [3.8, 4) is 39.4 Å². The van der Waals surface area contributed by atoms with Crippen molar-refractivity contribution in [3.63, 3.8) is 0 Å². The van der Waals surface area contributed by atoms with E-state index in [1.54, 1.807) is 6.20 Å². The highest BCUT2D eigenvalue weighted by Gasteiger charge is 2.11. The van der Waals surface area contributed by atoms with E-state index in [1.165, 1.54) is 0 Å². The summed E-state index contributed by atoms with van der Waals surface area (Å²) in [7, 11) is 0. The number of hydrogen-bond donors (Lipinski definition) is 0. The molecule has 0 fully saturated rings. The maximum Gasteiger partial charge on any atom is 0.144 e. The zero-order valence-electron chi connectivity index (χ0n) is 15.3. The predicted molar refractivity (Wildman–Crippen MR) is 106 cm³/mol. The van der Waals surface area contributed by atoms with Crippen molar-refractivity contribution in [1.29, 1.82) is 31.6 Å². The summed E-state index contributed by atoms with van der Waals surface area (Å²) in [6, 6.07) is 9.89. The van der Waals surface area contributed by atoms with Crippen LogP contribution in [0.1, 0.15) is 0 Å². The van der Waals surface area contributed by atoms with Crippen molar-refractivity contribution in [2.75, 3.05) is 0 Å². The standard InChI is InChI=1S/C12H6N6.6CHN/c1-2-4-8-7(3-1)9-5-6-13-14-10(9)12-11(8)15-17-18-16-12;6*1-2/h1-6H;6*1H. The fraction of sp³-hybridized carbons (Fsp3) is 0. The van der Waals surface area contributed by atoms with Gasteiger partial charge in [0.15, 0.2) is 0 Å². The monoisotopic (exact) mass is 396 g/mol. The molecular weight excluding hydrogens is 384 g/mol. The summed E-state index contributed by atoms with van der Waals surface area (Å²) in [5.41, 5.74) is 2.04. The molecule has 0 saturated carbocycles. The molecule has 0 amide bonds. The van der Waals surface area contributed by atoms with E-state index in [0.717, 1.165) is 16.2 Å². The Balaban J connectivity index is -0.000000530. The Morgan fingerprint density at radius 3 is 1.40 bits per heavy atom. The normalized spacial score (nSPS) is 7.20. The summed E-state index contributed by atoms with van der Waals surface area (Å²) >= 11 is 0. The van der Waals surface area contributed by atoms with Crippen LogP contribution in [0.2, 0.25) is 0 Å². The largest absolute Gasteiger partial charge is 0.202 e. The molecule has 0 atom stereocenters. The van der Waals surface area contributed by atoms with E-state index in [2.05, 4.69) is 70.3 Å². The van der Waals surface area contributed by atoms with Crippen LogP contribution >= 0.6 is 0 Å². The third kappa shape index (κ3) is 6.48. The quantitative estimate of drug-likeness (QED) is 0.390. The molecule has 12 nitrogen and oxygen atoms in total. The lowest BCUT2D eigenvalue weighted by atomic mass is 10.0. The second kappa shape index (κ2) is 19.5. The lowest BCUT2D eigenvalue weighted by molar-refractivity contribution is 0.799. The average Bonchev–Trinajstić information content (AvgIpc) is 2.91. The van der Waals surface area contributed by atoms with Gasteiger partial charge < -0.3 is 0 Å². The van der Waals surface area contributed by atoms with Crippen LogP contribution in [0.3, 0.4) is 0 Å². The molecule has 0 aliphatic carbocycles. The van der Waals surface area contributed by atoms with Crippen molar-refractivity contribution >= 4 is 32.7 Å². The number of rotatable bonds is 0. The fourth-order valence-electron chi connectivity index (χ4n) is 2.21. The Kier molecular flexibility index (Phi) is 18.8. The first kappa shape index (κ1) is 29.0. The van der Waals surface area contributed by atoms with E-state index in [1.807, 2.05) is 30.3 Å². The van der Waals surface area contributed by atoms with Gasteiger partial charge in [0.1, 0.15) is 16.6 Å². The van der Waals surface area contributed by atoms with Crippen LogP contribution in [0.15, 0.2) is 36.5 Å². The van der Waals surface area contributed by atoms with Crippen molar-refractivity contribution in [2.45, 2.75) is 0 Å². The van der Waals surface area contributed by atoms with Gasteiger partial charge in [-0.05, 0) is 21.9 Å². The van der Waals surface area contributed by atoms with Gasteiger partial charge in [-0.25, -0.2) is 31.6 Å². The fourth-order valence-corrected chi connectivity index (χ4v) is 2.21. The molecule has 0 aliphatic heterocycles. The van der Waals surface area contributed by atoms with E-state index in [0.29, 0.717) is 16.6 Å². The van der Waals surface area contributed by atoms with Crippen LogP contribution in [0.4, 0.5) is 0 Å². The van der Waals surface area contributed by atoms with Crippen molar-refractivity contribution in [2.24, 2.45) is 0 Å². The molecule has 2 aromatic heterocycles. The Morgan fingerprint density at radius 2 is 0.867 bits per heavy atom. The first-order valence-corrected chi connectivity index (χ1v) is 6.98. The topological polar surface area (TPSA) is 220 Å². The second-order valence-corrected chi connectivity index (χ2v) is 3.92. The molecule has 2 heterocycles. The smallest absolute Gasteiger partial charge is 0.144 e. The average molecular weight is 396 g/mol. The zero-order valence-corrected chi connectivity index (χ0v) is 15.3. The molecule has 144 valence electrons. The van der Waals surface area contributed by atoms with Gasteiger partial charge in [-0.15, -0.1) is 15.3 Å². The van der Waals surface area contributed by atoms with Crippen molar-refractivity contribution < 1.29 is 0 Å². The van der Waals surface area contributed by atoms with Crippen LogP contribution in [0.25, 0.3) is 32.7 Å². The lowest BCUT2D eigenvalue weighted by Gasteiger charge is -2.04. The molecular formula is C18H12N12. The summed E-state index contributed by atoms with van der Waals surface area (Å²) < 4.78 is 0. The first-order chi connectivity index (χ1) is 14.9. The maximum absolute atomic E-state index is 6.50. The number of hydrogen-bond acceptors (Lipinski definition) is 12. The van der Waals surface area contributed by atoms with Crippen LogP contribution in [-0.4, -0.2) is 30.8 Å². The van der Waals surface area contributed by atoms with E-state index < -0.39 is 0 Å². The Morgan fingerprint density at radius 1 is 0.467 bits per heavy atom. The highest BCUT2D eigenvalue weighted by molar-refractivity contribution is 6.21. The molecule has 12 heteroatoms. The van der Waals surface area contributed by atoms with E-state index in [9.17, 15) is 0 Å². The van der Waals surface area contributed by atoms with Crippen LogP contribution in [-0.2, 0) is 0 Å². The molecule has 2 aromatic carbocycles. The number of nitriles is 6. The molecule has 0 radical (unpaired) electrons. The van der Waals surface area contributed by atoms with Gasteiger partial charge in [-0.1, -0.05) is 24.3 Å². The van der Waals surface area contributed by atoms with Crippen molar-refractivity contribution in [3.05, 3.63) is 36.5 Å². The molecule has 0 unspecified atom stereocenters. The Hall–Kier alpha value is -5.82. The van der Waals surface area contributed by atoms with Gasteiger partial charge in [0.2, 0.25) is 0 Å². The third-order valence-electron chi connectivity index (χ3n) is 2.97. The SMILES string of the molecule is C#N.C#N.C#N.C#N.C#N.C#N.c1ccc2c(c1)c1ccnnc1c1nnnnc21. The summed E-state index contributed by atoms with van der Waals surface area (Å²) in [6.07, 6.45) is 1.67. The number of benzene rings is 2. The first-order valence-electron chi connectivity index (χ1n) is 6.98. The summed E-state index contributed by atoms with van der Waals surface area (Å²) in [5.74, 6) is 0. The van der Waals surface area contributed by atoms with E-state index >= 15 is 0 Å². The summed E-state index contributed by atoms with van der Waals surface area (Å²) in [5, 5.41) is 65.4. The molecule has 0 N–H and O–H groups in total.